The molecule has 1 saturated heterocycles. The summed E-state index contributed by atoms with van der Waals surface area (Å²) in [7, 11) is 0. The fourth-order valence-electron chi connectivity index (χ4n) is 3.25. The number of anilines is 1. The first-order chi connectivity index (χ1) is 14.2. The smallest absolute Gasteiger partial charge is 0.263 e. The number of nitrogens with one attached hydrogen (secondary N) is 2. The second kappa shape index (κ2) is 9.47. The fraction of sp³-hybridized carbons (Fsp3) is 0.476. The Bertz CT molecular complexity index is 859. The van der Waals surface area contributed by atoms with Crippen molar-refractivity contribution >= 4 is 28.8 Å². The van der Waals surface area contributed by atoms with E-state index in [4.69, 9.17) is 4.74 Å². The molecule has 0 unspecified atom stereocenters. The zero-order valence-electron chi connectivity index (χ0n) is 16.4. The van der Waals surface area contributed by atoms with E-state index in [9.17, 15) is 9.59 Å². The monoisotopic (exact) mass is 414 g/mol. The van der Waals surface area contributed by atoms with Crippen molar-refractivity contribution in [1.29, 1.82) is 0 Å². The Kier molecular flexibility index (Phi) is 6.53. The van der Waals surface area contributed by atoms with Gasteiger partial charge in [0.25, 0.3) is 5.91 Å². The predicted octanol–water partition coefficient (Wildman–Crippen LogP) is 2.61. The zero-order chi connectivity index (χ0) is 20.1. The van der Waals surface area contributed by atoms with Crippen LogP contribution in [-0.4, -0.2) is 54.5 Å². The maximum atomic E-state index is 12.3. The first kappa shape index (κ1) is 20.0. The molecule has 0 atom stereocenters. The summed E-state index contributed by atoms with van der Waals surface area (Å²) >= 11 is 1.48. The second-order valence-corrected chi connectivity index (χ2v) is 8.53. The lowest BCUT2D eigenvalue weighted by Gasteiger charge is -2.26. The molecular formula is C21H26N4O3S. The van der Waals surface area contributed by atoms with E-state index < -0.39 is 0 Å². The number of aromatic nitrogens is 1. The number of thiazole rings is 1. The average molecular weight is 415 g/mol. The van der Waals surface area contributed by atoms with Gasteiger partial charge in [-0.05, 0) is 30.5 Å². The summed E-state index contributed by atoms with van der Waals surface area (Å²) in [5, 5.41) is 6.95. The SMILES string of the molecule is O=C(CCN1CCOCC1)Nc1cccc(CNC(=O)c2cnc(C3CC3)s2)c1. The largest absolute Gasteiger partial charge is 0.379 e. The van der Waals surface area contributed by atoms with Gasteiger partial charge in [-0.2, -0.15) is 0 Å². The van der Waals surface area contributed by atoms with E-state index in [1.165, 1.54) is 24.2 Å². The van der Waals surface area contributed by atoms with Crippen molar-refractivity contribution in [2.75, 3.05) is 38.2 Å². The summed E-state index contributed by atoms with van der Waals surface area (Å²) in [4.78, 5) is 31.8. The minimum Gasteiger partial charge on any atom is -0.379 e. The van der Waals surface area contributed by atoms with Gasteiger partial charge in [0.1, 0.15) is 4.88 Å². The van der Waals surface area contributed by atoms with E-state index in [2.05, 4.69) is 20.5 Å². The Labute approximate surface area is 174 Å². The predicted molar refractivity (Wildman–Crippen MR) is 112 cm³/mol. The van der Waals surface area contributed by atoms with Crippen LogP contribution in [0.15, 0.2) is 30.5 Å². The second-order valence-electron chi connectivity index (χ2n) is 7.47. The van der Waals surface area contributed by atoms with Gasteiger partial charge in [-0.15, -0.1) is 11.3 Å². The highest BCUT2D eigenvalue weighted by Crippen LogP contribution is 2.41. The van der Waals surface area contributed by atoms with Crippen molar-refractivity contribution in [2.45, 2.75) is 31.7 Å². The summed E-state index contributed by atoms with van der Waals surface area (Å²) in [6, 6.07) is 7.58. The normalized spacial score (nSPS) is 17.1. The third-order valence-corrected chi connectivity index (χ3v) is 6.26. The van der Waals surface area contributed by atoms with Crippen molar-refractivity contribution in [2.24, 2.45) is 0 Å². The number of carbonyl (C=O) groups is 2. The molecule has 0 spiro atoms. The highest BCUT2D eigenvalue weighted by atomic mass is 32.1. The van der Waals surface area contributed by atoms with Crippen molar-refractivity contribution in [3.63, 3.8) is 0 Å². The van der Waals surface area contributed by atoms with Crippen LogP contribution in [-0.2, 0) is 16.1 Å². The molecule has 2 fully saturated rings. The van der Waals surface area contributed by atoms with Crippen molar-refractivity contribution in [3.8, 4) is 0 Å². The highest BCUT2D eigenvalue weighted by molar-refractivity contribution is 7.13. The standard InChI is InChI=1S/C21H26N4O3S/c26-19(6-7-25-8-10-28-11-9-25)24-17-3-1-2-15(12-17)13-22-20(27)18-14-23-21(29-18)16-4-5-16/h1-3,12,14,16H,4-11,13H2,(H,22,27)(H,24,26). The molecule has 1 saturated carbocycles. The van der Waals surface area contributed by atoms with Gasteiger partial charge in [0.05, 0.1) is 24.4 Å². The highest BCUT2D eigenvalue weighted by Gasteiger charge is 2.27. The Morgan fingerprint density at radius 3 is 2.86 bits per heavy atom. The number of hydrogen-bond donors (Lipinski definition) is 2. The van der Waals surface area contributed by atoms with Crippen LogP contribution in [0.1, 0.15) is 45.4 Å². The van der Waals surface area contributed by atoms with Gasteiger partial charge in [-0.3, -0.25) is 14.5 Å². The maximum Gasteiger partial charge on any atom is 0.263 e. The molecule has 4 rings (SSSR count). The Hall–Kier alpha value is -2.29. The van der Waals surface area contributed by atoms with E-state index in [0.29, 0.717) is 23.8 Å². The van der Waals surface area contributed by atoms with Crippen LogP contribution < -0.4 is 10.6 Å². The summed E-state index contributed by atoms with van der Waals surface area (Å²) in [6.45, 7) is 4.38. The molecule has 0 radical (unpaired) electrons. The molecule has 0 bridgehead atoms. The first-order valence-corrected chi connectivity index (χ1v) is 10.9. The number of rotatable bonds is 8. The van der Waals surface area contributed by atoms with Crippen LogP contribution in [0.3, 0.4) is 0 Å². The van der Waals surface area contributed by atoms with Crippen LogP contribution in [0.25, 0.3) is 0 Å². The molecule has 8 heteroatoms. The van der Waals surface area contributed by atoms with E-state index in [0.717, 1.165) is 49.1 Å². The molecule has 29 heavy (non-hydrogen) atoms. The first-order valence-electron chi connectivity index (χ1n) is 10.1. The molecular weight excluding hydrogens is 388 g/mol. The van der Waals surface area contributed by atoms with Gasteiger partial charge in [-0.1, -0.05) is 12.1 Å². The maximum absolute atomic E-state index is 12.3. The molecule has 2 N–H and O–H groups in total. The summed E-state index contributed by atoms with van der Waals surface area (Å²) < 4.78 is 5.32. The van der Waals surface area contributed by atoms with Crippen LogP contribution in [0.4, 0.5) is 5.69 Å². The van der Waals surface area contributed by atoms with E-state index in [1.807, 2.05) is 24.3 Å². The Balaban J connectivity index is 1.24. The topological polar surface area (TPSA) is 83.6 Å². The van der Waals surface area contributed by atoms with Crippen LogP contribution in [0.2, 0.25) is 0 Å². The van der Waals surface area contributed by atoms with E-state index >= 15 is 0 Å². The molecule has 1 aromatic carbocycles. The quantitative estimate of drug-likeness (QED) is 0.694. The van der Waals surface area contributed by atoms with Gasteiger partial charge in [0.2, 0.25) is 5.91 Å². The summed E-state index contributed by atoms with van der Waals surface area (Å²) in [5.41, 5.74) is 1.69. The third-order valence-electron chi connectivity index (χ3n) is 5.10. The molecule has 7 nitrogen and oxygen atoms in total. The van der Waals surface area contributed by atoms with Gasteiger partial charge in [0, 0.05) is 44.2 Å². The number of carbonyl (C=O) groups excluding carboxylic acids is 2. The molecule has 154 valence electrons. The van der Waals surface area contributed by atoms with Crippen LogP contribution >= 0.6 is 11.3 Å². The summed E-state index contributed by atoms with van der Waals surface area (Å²) in [5.74, 6) is 0.453. The molecule has 2 aliphatic rings. The number of benzene rings is 1. The molecule has 2 amide bonds. The van der Waals surface area contributed by atoms with Crippen molar-refractivity contribution in [1.82, 2.24) is 15.2 Å². The van der Waals surface area contributed by atoms with Gasteiger partial charge in [-0.25, -0.2) is 4.98 Å². The van der Waals surface area contributed by atoms with E-state index in [-0.39, 0.29) is 11.8 Å². The lowest BCUT2D eigenvalue weighted by Crippen LogP contribution is -2.38. The number of amides is 2. The molecule has 2 aromatic rings. The Morgan fingerprint density at radius 1 is 1.24 bits per heavy atom. The number of morpholine rings is 1. The van der Waals surface area contributed by atoms with E-state index in [1.54, 1.807) is 6.20 Å². The lowest BCUT2D eigenvalue weighted by atomic mass is 10.2. The Morgan fingerprint density at radius 2 is 2.07 bits per heavy atom. The van der Waals surface area contributed by atoms with Crippen LogP contribution in [0, 0.1) is 0 Å². The number of hydrogen-bond acceptors (Lipinski definition) is 6. The van der Waals surface area contributed by atoms with Gasteiger partial charge < -0.3 is 15.4 Å². The van der Waals surface area contributed by atoms with Gasteiger partial charge in [0.15, 0.2) is 0 Å². The molecule has 1 aliphatic heterocycles. The molecule has 1 aromatic heterocycles. The minimum atomic E-state index is -0.102. The third kappa shape index (κ3) is 5.85. The van der Waals surface area contributed by atoms with Crippen molar-refractivity contribution in [3.05, 3.63) is 45.9 Å². The minimum absolute atomic E-state index is 0.00468. The van der Waals surface area contributed by atoms with Crippen LogP contribution in [0.5, 0.6) is 0 Å². The summed E-state index contributed by atoms with van der Waals surface area (Å²) in [6.07, 6.45) is 4.48. The number of nitrogens with zero attached hydrogens (tertiary/aromatic N) is 2. The fourth-order valence-corrected chi connectivity index (χ4v) is 4.25. The number of ether oxygens (including phenoxy) is 1. The zero-order valence-corrected chi connectivity index (χ0v) is 17.2. The molecule has 2 heterocycles. The lowest BCUT2D eigenvalue weighted by molar-refractivity contribution is -0.116. The van der Waals surface area contributed by atoms with Gasteiger partial charge >= 0.3 is 0 Å². The average Bonchev–Trinajstić information content (AvgIpc) is 3.48. The molecule has 1 aliphatic carbocycles. The van der Waals surface area contributed by atoms with Crippen molar-refractivity contribution < 1.29 is 14.3 Å².